The van der Waals surface area contributed by atoms with Crippen LogP contribution in [0.1, 0.15) is 57.2 Å². The summed E-state index contributed by atoms with van der Waals surface area (Å²) in [4.78, 5) is 43.8. The van der Waals surface area contributed by atoms with Crippen LogP contribution in [0.2, 0.25) is 0 Å². The second-order valence-corrected chi connectivity index (χ2v) is 9.54. The molecule has 1 saturated carbocycles. The van der Waals surface area contributed by atoms with Crippen molar-refractivity contribution >= 4 is 39.9 Å². The zero-order chi connectivity index (χ0) is 23.1. The number of rotatable bonds is 8. The molecule has 1 aromatic carbocycles. The lowest BCUT2D eigenvalue weighted by Crippen LogP contribution is -2.45. The van der Waals surface area contributed by atoms with Crippen molar-refractivity contribution in [2.45, 2.75) is 65.3 Å². The van der Waals surface area contributed by atoms with Crippen LogP contribution in [0.5, 0.6) is 0 Å². The molecule has 0 saturated heterocycles. The van der Waals surface area contributed by atoms with E-state index in [4.69, 9.17) is 0 Å². The number of anilines is 2. The summed E-state index contributed by atoms with van der Waals surface area (Å²) < 4.78 is 0. The van der Waals surface area contributed by atoms with Crippen LogP contribution in [0, 0.1) is 12.8 Å². The summed E-state index contributed by atoms with van der Waals surface area (Å²) in [5.41, 5.74) is 2.45. The normalized spacial score (nSPS) is 14.2. The van der Waals surface area contributed by atoms with Crippen LogP contribution in [0.25, 0.3) is 0 Å². The first-order valence-electron chi connectivity index (χ1n) is 11.2. The summed E-state index contributed by atoms with van der Waals surface area (Å²) in [6.45, 7) is 5.86. The molecule has 1 aliphatic carbocycles. The van der Waals surface area contributed by atoms with Crippen LogP contribution in [-0.4, -0.2) is 40.2 Å². The van der Waals surface area contributed by atoms with E-state index < -0.39 is 0 Å². The molecule has 0 unspecified atom stereocenters. The van der Waals surface area contributed by atoms with Crippen molar-refractivity contribution in [2.75, 3.05) is 17.2 Å². The molecule has 0 aliphatic heterocycles. The van der Waals surface area contributed by atoms with Crippen LogP contribution >= 0.6 is 11.3 Å². The second-order valence-electron chi connectivity index (χ2n) is 8.68. The van der Waals surface area contributed by atoms with Crippen LogP contribution < -0.4 is 10.6 Å². The Morgan fingerprint density at radius 3 is 2.41 bits per heavy atom. The number of thiazole rings is 1. The Labute approximate surface area is 193 Å². The third-order valence-corrected chi connectivity index (χ3v) is 6.46. The molecule has 8 heteroatoms. The summed E-state index contributed by atoms with van der Waals surface area (Å²) in [7, 11) is 0. The average molecular weight is 457 g/mol. The van der Waals surface area contributed by atoms with Gasteiger partial charge in [-0.25, -0.2) is 4.98 Å². The van der Waals surface area contributed by atoms with Gasteiger partial charge in [0.25, 0.3) is 0 Å². The van der Waals surface area contributed by atoms with Crippen molar-refractivity contribution in [3.63, 3.8) is 0 Å². The smallest absolute Gasteiger partial charge is 0.245 e. The Hall–Kier alpha value is -2.74. The maximum Gasteiger partial charge on any atom is 0.245 e. The molecule has 7 nitrogen and oxygen atoms in total. The highest BCUT2D eigenvalue weighted by atomic mass is 32.1. The number of aromatic nitrogens is 1. The van der Waals surface area contributed by atoms with Crippen molar-refractivity contribution in [2.24, 2.45) is 5.92 Å². The van der Waals surface area contributed by atoms with Crippen molar-refractivity contribution in [3.05, 3.63) is 40.9 Å². The number of hydrogen-bond acceptors (Lipinski definition) is 5. The van der Waals surface area contributed by atoms with Crippen molar-refractivity contribution < 1.29 is 14.4 Å². The molecule has 0 radical (unpaired) electrons. The van der Waals surface area contributed by atoms with E-state index in [1.807, 2.05) is 45.0 Å². The molecule has 2 aromatic rings. The van der Waals surface area contributed by atoms with Gasteiger partial charge in [-0.3, -0.25) is 14.4 Å². The number of carbonyl (C=O) groups is 3. The molecule has 1 fully saturated rings. The van der Waals surface area contributed by atoms with Gasteiger partial charge in [0.15, 0.2) is 5.13 Å². The molecule has 32 heavy (non-hydrogen) atoms. The predicted octanol–water partition coefficient (Wildman–Crippen LogP) is 4.39. The number of hydrogen-bond donors (Lipinski definition) is 2. The molecule has 2 N–H and O–H groups in total. The molecule has 1 aliphatic rings. The lowest BCUT2D eigenvalue weighted by atomic mass is 9.88. The maximum atomic E-state index is 12.9. The van der Waals surface area contributed by atoms with E-state index >= 15 is 0 Å². The molecule has 0 atom stereocenters. The zero-order valence-electron chi connectivity index (χ0n) is 19.0. The van der Waals surface area contributed by atoms with Gasteiger partial charge in [0.1, 0.15) is 6.54 Å². The summed E-state index contributed by atoms with van der Waals surface area (Å²) >= 11 is 1.27. The van der Waals surface area contributed by atoms with E-state index in [0.29, 0.717) is 10.8 Å². The minimum atomic E-state index is -0.270. The topological polar surface area (TPSA) is 91.4 Å². The minimum absolute atomic E-state index is 0.00975. The number of benzene rings is 1. The number of nitrogens with zero attached hydrogens (tertiary/aromatic N) is 2. The van der Waals surface area contributed by atoms with Crippen LogP contribution in [0.3, 0.4) is 0 Å². The fraction of sp³-hybridized carbons (Fsp3) is 0.500. The van der Waals surface area contributed by atoms with Gasteiger partial charge < -0.3 is 15.5 Å². The number of amides is 3. The predicted molar refractivity (Wildman–Crippen MR) is 128 cm³/mol. The highest BCUT2D eigenvalue weighted by Crippen LogP contribution is 2.26. The van der Waals surface area contributed by atoms with Gasteiger partial charge in [-0.15, -0.1) is 11.3 Å². The van der Waals surface area contributed by atoms with E-state index in [0.717, 1.165) is 36.9 Å². The van der Waals surface area contributed by atoms with Gasteiger partial charge in [-0.05, 0) is 45.7 Å². The third kappa shape index (κ3) is 6.88. The van der Waals surface area contributed by atoms with Gasteiger partial charge in [0.05, 0.1) is 12.1 Å². The highest BCUT2D eigenvalue weighted by molar-refractivity contribution is 7.13. The molecular formula is C24H32N4O3S. The van der Waals surface area contributed by atoms with Crippen molar-refractivity contribution in [1.29, 1.82) is 0 Å². The second kappa shape index (κ2) is 11.2. The Balaban J connectivity index is 1.52. The van der Waals surface area contributed by atoms with Crippen molar-refractivity contribution in [3.8, 4) is 0 Å². The summed E-state index contributed by atoms with van der Waals surface area (Å²) in [5, 5.41) is 7.82. The molecule has 1 aromatic heterocycles. The first-order valence-corrected chi connectivity index (χ1v) is 12.1. The summed E-state index contributed by atoms with van der Waals surface area (Å²) in [5.74, 6) is -0.339. The van der Waals surface area contributed by atoms with Crippen LogP contribution in [-0.2, 0) is 20.8 Å². The molecular weight excluding hydrogens is 424 g/mol. The van der Waals surface area contributed by atoms with Crippen LogP contribution in [0.4, 0.5) is 10.8 Å². The Morgan fingerprint density at radius 2 is 1.75 bits per heavy atom. The monoisotopic (exact) mass is 456 g/mol. The van der Waals surface area contributed by atoms with E-state index in [-0.39, 0.29) is 42.6 Å². The number of aryl methyl sites for hydroxylation is 1. The molecule has 1 heterocycles. The molecule has 3 rings (SSSR count). The third-order valence-electron chi connectivity index (χ3n) is 5.65. The maximum absolute atomic E-state index is 12.9. The Bertz CT molecular complexity index is 933. The van der Waals surface area contributed by atoms with E-state index in [1.54, 1.807) is 10.3 Å². The fourth-order valence-electron chi connectivity index (χ4n) is 3.86. The van der Waals surface area contributed by atoms with E-state index in [1.165, 1.54) is 17.8 Å². The molecule has 172 valence electrons. The van der Waals surface area contributed by atoms with E-state index in [2.05, 4.69) is 15.6 Å². The lowest BCUT2D eigenvalue weighted by Gasteiger charge is -2.31. The van der Waals surface area contributed by atoms with Crippen molar-refractivity contribution in [1.82, 2.24) is 9.88 Å². The summed E-state index contributed by atoms with van der Waals surface area (Å²) in [6, 6.07) is 7.54. The van der Waals surface area contributed by atoms with Gasteiger partial charge in [0.2, 0.25) is 17.7 Å². The van der Waals surface area contributed by atoms with Gasteiger partial charge in [-0.1, -0.05) is 37.0 Å². The molecule has 3 amide bonds. The largest absolute Gasteiger partial charge is 0.331 e. The Kier molecular flexibility index (Phi) is 8.39. The van der Waals surface area contributed by atoms with E-state index in [9.17, 15) is 14.4 Å². The summed E-state index contributed by atoms with van der Waals surface area (Å²) in [6.07, 6.45) is 5.27. The quantitative estimate of drug-likeness (QED) is 0.616. The zero-order valence-corrected chi connectivity index (χ0v) is 19.8. The first-order chi connectivity index (χ1) is 15.3. The molecule has 0 spiro atoms. The van der Waals surface area contributed by atoms with Gasteiger partial charge in [0, 0.05) is 23.0 Å². The average Bonchev–Trinajstić information content (AvgIpc) is 3.20. The fourth-order valence-corrected chi connectivity index (χ4v) is 4.59. The highest BCUT2D eigenvalue weighted by Gasteiger charge is 2.29. The Morgan fingerprint density at radius 1 is 1.06 bits per heavy atom. The number of nitrogens with one attached hydrogen (secondary N) is 2. The first kappa shape index (κ1) is 23.9. The standard InChI is InChI=1S/C24H32N4O3S/c1-16(2)28(23(31)18-7-5-4-6-8-18)14-22(30)27-24-26-20(15-32-24)13-21(29)25-19-11-9-17(3)10-12-19/h9-12,15-16,18H,4-8,13-14H2,1-3H3,(H,25,29)(H,26,27,30). The van der Waals surface area contributed by atoms with Gasteiger partial charge in [-0.2, -0.15) is 0 Å². The van der Waals surface area contributed by atoms with Gasteiger partial charge >= 0.3 is 0 Å². The van der Waals surface area contributed by atoms with Crippen LogP contribution in [0.15, 0.2) is 29.6 Å². The molecule has 0 bridgehead atoms. The SMILES string of the molecule is Cc1ccc(NC(=O)Cc2csc(NC(=O)CN(C(=O)C3CCCCC3)C(C)C)n2)cc1. The number of carbonyl (C=O) groups excluding carboxylic acids is 3. The lowest BCUT2D eigenvalue weighted by molar-refractivity contribution is -0.141. The minimum Gasteiger partial charge on any atom is -0.331 e.